The third-order valence-corrected chi connectivity index (χ3v) is 5.73. The molecular weight excluding hydrogens is 456 g/mol. The topological polar surface area (TPSA) is 75.9 Å². The summed E-state index contributed by atoms with van der Waals surface area (Å²) in [6.45, 7) is 2.98. The SMILES string of the molecule is Cc1onc(-c2c(F)cccc2Cl)c1C(=O)OCC(=O)N1CCN(c2ccc(F)cc2)CC1. The first-order valence-electron chi connectivity index (χ1n) is 10.2. The molecule has 2 heterocycles. The van der Waals surface area contributed by atoms with Gasteiger partial charge < -0.3 is 19.1 Å². The van der Waals surface area contributed by atoms with Crippen LogP contribution in [0.3, 0.4) is 0 Å². The molecule has 0 unspecified atom stereocenters. The van der Waals surface area contributed by atoms with E-state index in [9.17, 15) is 18.4 Å². The van der Waals surface area contributed by atoms with Gasteiger partial charge in [0.2, 0.25) is 0 Å². The number of piperazine rings is 1. The zero-order valence-corrected chi connectivity index (χ0v) is 18.4. The van der Waals surface area contributed by atoms with Gasteiger partial charge in [0.25, 0.3) is 5.91 Å². The molecule has 1 aliphatic heterocycles. The van der Waals surface area contributed by atoms with Crippen LogP contribution in [0.5, 0.6) is 0 Å². The first-order valence-corrected chi connectivity index (χ1v) is 10.6. The van der Waals surface area contributed by atoms with E-state index >= 15 is 0 Å². The zero-order valence-electron chi connectivity index (χ0n) is 17.7. The second-order valence-corrected chi connectivity index (χ2v) is 7.89. The molecule has 0 atom stereocenters. The lowest BCUT2D eigenvalue weighted by Crippen LogP contribution is -2.49. The molecule has 1 saturated heterocycles. The summed E-state index contributed by atoms with van der Waals surface area (Å²) in [6.07, 6.45) is 0. The summed E-state index contributed by atoms with van der Waals surface area (Å²) in [5, 5.41) is 3.83. The fraction of sp³-hybridized carbons (Fsp3) is 0.261. The molecule has 3 aromatic rings. The number of esters is 1. The van der Waals surface area contributed by atoms with Gasteiger partial charge in [-0.2, -0.15) is 0 Å². The van der Waals surface area contributed by atoms with Crippen molar-refractivity contribution in [3.05, 3.63) is 70.4 Å². The van der Waals surface area contributed by atoms with Gasteiger partial charge in [0, 0.05) is 31.9 Å². The van der Waals surface area contributed by atoms with E-state index in [1.54, 1.807) is 17.0 Å². The standard InChI is InChI=1S/C23H20ClF2N3O4/c1-14-20(22(27-33-14)21-17(24)3-2-4-18(21)26)23(31)32-13-19(30)29-11-9-28(10-12-29)16-7-5-15(25)6-8-16/h2-8H,9-13H2,1H3. The van der Waals surface area contributed by atoms with Crippen molar-refractivity contribution in [2.24, 2.45) is 0 Å². The summed E-state index contributed by atoms with van der Waals surface area (Å²) in [6, 6.07) is 10.2. The monoisotopic (exact) mass is 475 g/mol. The van der Waals surface area contributed by atoms with Crippen LogP contribution in [0.2, 0.25) is 5.02 Å². The number of hydrogen-bond donors (Lipinski definition) is 0. The molecule has 33 heavy (non-hydrogen) atoms. The predicted octanol–water partition coefficient (Wildman–Crippen LogP) is 4.09. The van der Waals surface area contributed by atoms with Gasteiger partial charge in [-0.15, -0.1) is 0 Å². The number of halogens is 3. The van der Waals surface area contributed by atoms with Gasteiger partial charge >= 0.3 is 5.97 Å². The molecule has 0 spiro atoms. The number of aryl methyl sites for hydroxylation is 1. The number of amides is 1. The highest BCUT2D eigenvalue weighted by atomic mass is 35.5. The number of nitrogens with zero attached hydrogens (tertiary/aromatic N) is 3. The maximum atomic E-state index is 14.3. The number of anilines is 1. The van der Waals surface area contributed by atoms with E-state index < -0.39 is 18.4 Å². The number of hydrogen-bond acceptors (Lipinski definition) is 6. The largest absolute Gasteiger partial charge is 0.452 e. The highest BCUT2D eigenvalue weighted by Gasteiger charge is 2.28. The minimum Gasteiger partial charge on any atom is -0.452 e. The Kier molecular flexibility index (Phi) is 6.60. The van der Waals surface area contributed by atoms with Gasteiger partial charge in [-0.25, -0.2) is 13.6 Å². The van der Waals surface area contributed by atoms with Gasteiger partial charge in [0.15, 0.2) is 6.61 Å². The van der Waals surface area contributed by atoms with Gasteiger partial charge in [-0.1, -0.05) is 22.8 Å². The Labute approximate surface area is 193 Å². The Bertz CT molecular complexity index is 1150. The number of ether oxygens (including phenoxy) is 1. The van der Waals surface area contributed by atoms with E-state index in [-0.39, 0.29) is 39.3 Å². The molecular formula is C23H20ClF2N3O4. The Morgan fingerprint density at radius 1 is 1.09 bits per heavy atom. The normalized spacial score (nSPS) is 13.8. The van der Waals surface area contributed by atoms with Crippen molar-refractivity contribution < 1.29 is 27.6 Å². The second kappa shape index (κ2) is 9.58. The van der Waals surface area contributed by atoms with Crippen LogP contribution >= 0.6 is 11.6 Å². The third kappa shape index (κ3) is 4.83. The highest BCUT2D eigenvalue weighted by Crippen LogP contribution is 2.33. The maximum absolute atomic E-state index is 14.3. The van der Waals surface area contributed by atoms with Crippen LogP contribution in [0, 0.1) is 18.6 Å². The fourth-order valence-electron chi connectivity index (χ4n) is 3.66. The lowest BCUT2D eigenvalue weighted by molar-refractivity contribution is -0.134. The third-order valence-electron chi connectivity index (χ3n) is 5.42. The van der Waals surface area contributed by atoms with Crippen LogP contribution in [-0.2, 0) is 9.53 Å². The lowest BCUT2D eigenvalue weighted by Gasteiger charge is -2.36. The minimum absolute atomic E-state index is 0.0625. The lowest BCUT2D eigenvalue weighted by atomic mass is 10.1. The molecule has 0 aliphatic carbocycles. The molecule has 172 valence electrons. The highest BCUT2D eigenvalue weighted by molar-refractivity contribution is 6.33. The summed E-state index contributed by atoms with van der Waals surface area (Å²) in [5.74, 6) is -2.07. The molecule has 0 saturated carbocycles. The van der Waals surface area contributed by atoms with Crippen molar-refractivity contribution >= 4 is 29.2 Å². The molecule has 1 aliphatic rings. The van der Waals surface area contributed by atoms with E-state index in [4.69, 9.17) is 20.9 Å². The average Bonchev–Trinajstić information content (AvgIpc) is 3.18. The van der Waals surface area contributed by atoms with Gasteiger partial charge in [-0.05, 0) is 43.3 Å². The van der Waals surface area contributed by atoms with Crippen molar-refractivity contribution in [1.82, 2.24) is 10.1 Å². The quantitative estimate of drug-likeness (QED) is 0.517. The minimum atomic E-state index is -0.860. The van der Waals surface area contributed by atoms with Crippen LogP contribution in [0.25, 0.3) is 11.3 Å². The Morgan fingerprint density at radius 3 is 2.45 bits per heavy atom. The fourth-order valence-corrected chi connectivity index (χ4v) is 3.92. The van der Waals surface area contributed by atoms with Crippen molar-refractivity contribution in [3.8, 4) is 11.3 Å². The van der Waals surface area contributed by atoms with Crippen LogP contribution in [0.4, 0.5) is 14.5 Å². The summed E-state index contributed by atoms with van der Waals surface area (Å²) < 4.78 is 37.7. The van der Waals surface area contributed by atoms with E-state index in [1.807, 2.05) is 4.90 Å². The molecule has 0 bridgehead atoms. The van der Waals surface area contributed by atoms with E-state index in [0.717, 1.165) is 5.69 Å². The average molecular weight is 476 g/mol. The molecule has 1 aromatic heterocycles. The first-order chi connectivity index (χ1) is 15.8. The molecule has 1 fully saturated rings. The maximum Gasteiger partial charge on any atom is 0.344 e. The zero-order chi connectivity index (χ0) is 23.5. The smallest absolute Gasteiger partial charge is 0.344 e. The summed E-state index contributed by atoms with van der Waals surface area (Å²) in [5.41, 5.74) is 0.625. The summed E-state index contributed by atoms with van der Waals surface area (Å²) in [4.78, 5) is 28.9. The van der Waals surface area contributed by atoms with Gasteiger partial charge in [0.1, 0.15) is 28.7 Å². The van der Waals surface area contributed by atoms with Crippen LogP contribution in [0.1, 0.15) is 16.1 Å². The number of rotatable bonds is 5. The Morgan fingerprint density at radius 2 is 1.79 bits per heavy atom. The first kappa shape index (κ1) is 22.7. The summed E-state index contributed by atoms with van der Waals surface area (Å²) >= 11 is 6.09. The molecule has 10 heteroatoms. The van der Waals surface area contributed by atoms with E-state index in [2.05, 4.69) is 5.16 Å². The second-order valence-electron chi connectivity index (χ2n) is 7.48. The molecule has 4 rings (SSSR count). The van der Waals surface area contributed by atoms with Crippen molar-refractivity contribution in [2.75, 3.05) is 37.7 Å². The number of aromatic nitrogens is 1. The number of carbonyl (C=O) groups is 2. The molecule has 7 nitrogen and oxygen atoms in total. The molecule has 2 aromatic carbocycles. The molecule has 0 N–H and O–H groups in total. The van der Waals surface area contributed by atoms with Crippen LogP contribution < -0.4 is 4.90 Å². The molecule has 0 radical (unpaired) electrons. The Hall–Kier alpha value is -3.46. The van der Waals surface area contributed by atoms with E-state index in [0.29, 0.717) is 26.2 Å². The van der Waals surface area contributed by atoms with Gasteiger partial charge in [0.05, 0.1) is 10.6 Å². The number of carbonyl (C=O) groups excluding carboxylic acids is 2. The number of benzene rings is 2. The van der Waals surface area contributed by atoms with Crippen LogP contribution in [0.15, 0.2) is 47.0 Å². The van der Waals surface area contributed by atoms with Crippen molar-refractivity contribution in [2.45, 2.75) is 6.92 Å². The summed E-state index contributed by atoms with van der Waals surface area (Å²) in [7, 11) is 0. The predicted molar refractivity (Wildman–Crippen MR) is 117 cm³/mol. The van der Waals surface area contributed by atoms with Gasteiger partial charge in [-0.3, -0.25) is 4.79 Å². The van der Waals surface area contributed by atoms with Crippen LogP contribution in [-0.4, -0.2) is 54.7 Å². The van der Waals surface area contributed by atoms with E-state index in [1.165, 1.54) is 37.3 Å². The van der Waals surface area contributed by atoms with Crippen molar-refractivity contribution in [3.63, 3.8) is 0 Å². The molecule has 1 amide bonds. The Balaban J connectivity index is 1.38. The van der Waals surface area contributed by atoms with Crippen molar-refractivity contribution in [1.29, 1.82) is 0 Å².